The average Bonchev–Trinajstić information content (AvgIpc) is 2.41. The Morgan fingerprint density at radius 1 is 1.47 bits per heavy atom. The van der Waals surface area contributed by atoms with Gasteiger partial charge in [-0.15, -0.1) is 0 Å². The minimum Gasteiger partial charge on any atom is -0.400 e. The fraction of sp³-hybridized carbons (Fsp3) is 0.538. The zero-order valence-electron chi connectivity index (χ0n) is 10.3. The molecule has 0 saturated heterocycles. The maximum atomic E-state index is 10.2. The van der Waals surface area contributed by atoms with Crippen molar-refractivity contribution in [3.63, 3.8) is 0 Å². The number of hydrogen-bond donors (Lipinski definition) is 2. The van der Waals surface area contributed by atoms with Crippen LogP contribution in [0.4, 0.5) is 5.82 Å². The van der Waals surface area contributed by atoms with E-state index in [1.165, 1.54) is 12.0 Å². The molecule has 0 unspecified atom stereocenters. The van der Waals surface area contributed by atoms with Crippen LogP contribution in [0.25, 0.3) is 0 Å². The summed E-state index contributed by atoms with van der Waals surface area (Å²) < 4.78 is 0. The van der Waals surface area contributed by atoms with Crippen LogP contribution in [-0.2, 0) is 17.6 Å². The van der Waals surface area contributed by atoms with E-state index < -0.39 is 0 Å². The molecule has 0 bridgehead atoms. The van der Waals surface area contributed by atoms with Crippen LogP contribution in [0, 0.1) is 0 Å². The molecule has 0 radical (unpaired) electrons. The number of hydrogen-bond acceptors (Lipinski definition) is 4. The number of fused-ring (bicyclic) bond motifs is 1. The Morgan fingerprint density at radius 2 is 2.29 bits per heavy atom. The van der Waals surface area contributed by atoms with E-state index in [0.717, 1.165) is 50.7 Å². The number of anilines is 1. The van der Waals surface area contributed by atoms with Gasteiger partial charge in [0.15, 0.2) is 0 Å². The molecule has 4 nitrogen and oxygen atoms in total. The third-order valence-corrected chi connectivity index (χ3v) is 2.71. The Morgan fingerprint density at radius 3 is 3.06 bits per heavy atom. The fourth-order valence-electron chi connectivity index (χ4n) is 1.87. The van der Waals surface area contributed by atoms with Crippen LogP contribution in [0.1, 0.15) is 30.5 Å². The first kappa shape index (κ1) is 13.6. The van der Waals surface area contributed by atoms with Crippen LogP contribution in [0.5, 0.6) is 0 Å². The molecular formula is C13H20N2O2. The van der Waals surface area contributed by atoms with Crippen LogP contribution in [0.15, 0.2) is 12.1 Å². The minimum absolute atomic E-state index is 0.631. The van der Waals surface area contributed by atoms with Gasteiger partial charge in [-0.3, -0.25) is 0 Å². The summed E-state index contributed by atoms with van der Waals surface area (Å²) >= 11 is 0. The first-order valence-corrected chi connectivity index (χ1v) is 6.01. The van der Waals surface area contributed by atoms with Gasteiger partial charge in [-0.25, -0.2) is 4.98 Å². The topological polar surface area (TPSA) is 62.2 Å². The lowest BCUT2D eigenvalue weighted by atomic mass is 10.1. The second-order valence-corrected chi connectivity index (χ2v) is 3.90. The smallest absolute Gasteiger partial charge is 0.129 e. The molecule has 0 saturated carbocycles. The summed E-state index contributed by atoms with van der Waals surface area (Å²) in [6.45, 7) is 1.03. The van der Waals surface area contributed by atoms with Crippen LogP contribution in [-0.4, -0.2) is 30.0 Å². The summed E-state index contributed by atoms with van der Waals surface area (Å²) in [6, 6.07) is 4.24. The SMILES string of the molecule is CO.O=CCCCc1ccc2c(n1)NCCC2. The van der Waals surface area contributed by atoms with Crippen molar-refractivity contribution in [2.75, 3.05) is 19.0 Å². The maximum Gasteiger partial charge on any atom is 0.129 e. The number of aromatic nitrogens is 1. The van der Waals surface area contributed by atoms with Gasteiger partial charge in [0.05, 0.1) is 0 Å². The van der Waals surface area contributed by atoms with Gasteiger partial charge in [0.2, 0.25) is 0 Å². The number of rotatable bonds is 4. The lowest BCUT2D eigenvalue weighted by Crippen LogP contribution is -2.13. The molecule has 1 aliphatic heterocycles. The summed E-state index contributed by atoms with van der Waals surface area (Å²) in [7, 11) is 1.00. The molecule has 2 N–H and O–H groups in total. The summed E-state index contributed by atoms with van der Waals surface area (Å²) in [6.07, 6.45) is 5.72. The van der Waals surface area contributed by atoms with Crippen molar-refractivity contribution in [2.24, 2.45) is 0 Å². The van der Waals surface area contributed by atoms with Crippen molar-refractivity contribution in [1.29, 1.82) is 0 Å². The van der Waals surface area contributed by atoms with Crippen molar-refractivity contribution >= 4 is 12.1 Å². The van der Waals surface area contributed by atoms with Crippen molar-refractivity contribution in [1.82, 2.24) is 4.98 Å². The molecule has 0 fully saturated rings. The van der Waals surface area contributed by atoms with Crippen molar-refractivity contribution in [2.45, 2.75) is 32.1 Å². The number of pyridine rings is 1. The second kappa shape index (κ2) is 7.79. The first-order valence-electron chi connectivity index (χ1n) is 6.01. The van der Waals surface area contributed by atoms with Gasteiger partial charge in [0.25, 0.3) is 0 Å². The monoisotopic (exact) mass is 236 g/mol. The molecule has 17 heavy (non-hydrogen) atoms. The van der Waals surface area contributed by atoms with Gasteiger partial charge in [-0.05, 0) is 37.3 Å². The van der Waals surface area contributed by atoms with Crippen molar-refractivity contribution in [3.8, 4) is 0 Å². The van der Waals surface area contributed by atoms with E-state index in [-0.39, 0.29) is 0 Å². The van der Waals surface area contributed by atoms with Crippen LogP contribution < -0.4 is 5.32 Å². The zero-order chi connectivity index (χ0) is 12.5. The van der Waals surface area contributed by atoms with Gasteiger partial charge in [-0.1, -0.05) is 6.07 Å². The number of aliphatic hydroxyl groups is 1. The summed E-state index contributed by atoms with van der Waals surface area (Å²) in [5.74, 6) is 1.05. The Kier molecular flexibility index (Phi) is 6.25. The molecule has 0 spiro atoms. The van der Waals surface area contributed by atoms with E-state index in [4.69, 9.17) is 5.11 Å². The predicted molar refractivity (Wildman–Crippen MR) is 68.2 cm³/mol. The van der Waals surface area contributed by atoms with Gasteiger partial charge >= 0.3 is 0 Å². The summed E-state index contributed by atoms with van der Waals surface area (Å²) in [5, 5.41) is 10.3. The highest BCUT2D eigenvalue weighted by Crippen LogP contribution is 2.20. The fourth-order valence-corrected chi connectivity index (χ4v) is 1.87. The van der Waals surface area contributed by atoms with Crippen LogP contribution >= 0.6 is 0 Å². The minimum atomic E-state index is 0.631. The van der Waals surface area contributed by atoms with E-state index in [1.807, 2.05) is 0 Å². The number of aldehydes is 1. The van der Waals surface area contributed by atoms with E-state index in [2.05, 4.69) is 22.4 Å². The second-order valence-electron chi connectivity index (χ2n) is 3.90. The number of nitrogens with zero attached hydrogens (tertiary/aromatic N) is 1. The molecule has 0 aromatic carbocycles. The third kappa shape index (κ3) is 4.15. The van der Waals surface area contributed by atoms with E-state index in [9.17, 15) is 4.79 Å². The van der Waals surface area contributed by atoms with Gasteiger partial charge in [-0.2, -0.15) is 0 Å². The highest BCUT2D eigenvalue weighted by Gasteiger charge is 2.09. The molecule has 4 heteroatoms. The van der Waals surface area contributed by atoms with Crippen LogP contribution in [0.3, 0.4) is 0 Å². The Bertz CT molecular complexity index is 353. The zero-order valence-corrected chi connectivity index (χ0v) is 10.3. The third-order valence-electron chi connectivity index (χ3n) is 2.71. The number of aliphatic hydroxyl groups excluding tert-OH is 1. The summed E-state index contributed by atoms with van der Waals surface area (Å²) in [4.78, 5) is 14.8. The molecule has 0 atom stereocenters. The highest BCUT2D eigenvalue weighted by atomic mass is 16.2. The summed E-state index contributed by atoms with van der Waals surface area (Å²) in [5.41, 5.74) is 2.41. The number of carbonyl (C=O) groups is 1. The van der Waals surface area contributed by atoms with Gasteiger partial charge in [0, 0.05) is 25.8 Å². The Labute approximate surface area is 102 Å². The molecule has 0 aliphatic carbocycles. The highest BCUT2D eigenvalue weighted by molar-refractivity contribution is 5.49. The van der Waals surface area contributed by atoms with Crippen LogP contribution in [0.2, 0.25) is 0 Å². The quantitative estimate of drug-likeness (QED) is 0.615. The lowest BCUT2D eigenvalue weighted by molar-refractivity contribution is -0.107. The number of carbonyl (C=O) groups excluding carboxylic acids is 1. The first-order chi connectivity index (χ1) is 8.40. The van der Waals surface area contributed by atoms with E-state index in [1.54, 1.807) is 0 Å². The molecular weight excluding hydrogens is 216 g/mol. The van der Waals surface area contributed by atoms with Crippen molar-refractivity contribution < 1.29 is 9.90 Å². The predicted octanol–water partition coefficient (Wildman–Crippen LogP) is 1.57. The molecule has 2 rings (SSSR count). The normalized spacial score (nSPS) is 12.8. The van der Waals surface area contributed by atoms with E-state index in [0.29, 0.717) is 6.42 Å². The Hall–Kier alpha value is -1.42. The number of aryl methyl sites for hydroxylation is 2. The molecule has 1 aromatic rings. The molecule has 1 aromatic heterocycles. The molecule has 94 valence electrons. The van der Waals surface area contributed by atoms with E-state index >= 15 is 0 Å². The van der Waals surface area contributed by atoms with Gasteiger partial charge < -0.3 is 15.2 Å². The average molecular weight is 236 g/mol. The maximum absolute atomic E-state index is 10.2. The largest absolute Gasteiger partial charge is 0.400 e. The molecule has 2 heterocycles. The standard InChI is InChI=1S/C12H16N2O.CH4O/c15-9-2-1-5-11-7-6-10-4-3-8-13-12(10)14-11;1-2/h6-7,9H,1-5,8H2,(H,13,14);2H,1H3. The van der Waals surface area contributed by atoms with Gasteiger partial charge in [0.1, 0.15) is 12.1 Å². The Balaban J connectivity index is 0.000000686. The van der Waals surface area contributed by atoms with Crippen molar-refractivity contribution in [3.05, 3.63) is 23.4 Å². The lowest BCUT2D eigenvalue weighted by Gasteiger charge is -2.17. The number of unbranched alkanes of at least 4 members (excludes halogenated alkanes) is 1. The molecule has 1 aliphatic rings. The number of nitrogens with one attached hydrogen (secondary N) is 1. The molecule has 0 amide bonds.